The van der Waals surface area contributed by atoms with Gasteiger partial charge in [-0.2, -0.15) is 0 Å². The van der Waals surface area contributed by atoms with Gasteiger partial charge in [-0.15, -0.1) is 0 Å². The Kier molecular flexibility index (Phi) is 11.4. The summed E-state index contributed by atoms with van der Waals surface area (Å²) in [4.78, 5) is 24.4. The lowest BCUT2D eigenvalue weighted by Gasteiger charge is -2.32. The molecule has 1 rings (SSSR count). The average molecular weight is 362 g/mol. The lowest BCUT2D eigenvalue weighted by atomic mass is 9.79. The quantitative estimate of drug-likeness (QED) is 0.295. The van der Waals surface area contributed by atoms with E-state index >= 15 is 0 Å². The topological polar surface area (TPSA) is 89.5 Å². The number of rotatable bonds is 12. The molecule has 0 N–H and O–H groups in total. The van der Waals surface area contributed by atoms with Gasteiger partial charge in [0.05, 0.1) is 17.9 Å². The van der Waals surface area contributed by atoms with Crippen molar-refractivity contribution < 1.29 is 38.0 Å². The number of esters is 2. The van der Waals surface area contributed by atoms with Crippen molar-refractivity contribution in [3.8, 4) is 0 Å². The Balaban J connectivity index is 2.59. The van der Waals surface area contributed by atoms with Crippen LogP contribution < -0.4 is 0 Å². The lowest BCUT2D eigenvalue weighted by Crippen LogP contribution is -2.37. The maximum atomic E-state index is 12.2. The first-order valence-electron chi connectivity index (χ1n) is 8.80. The minimum atomic E-state index is -0.439. The highest BCUT2D eigenvalue weighted by molar-refractivity contribution is 5.76. The summed E-state index contributed by atoms with van der Waals surface area (Å²) in [6.07, 6.45) is 1.06. The Morgan fingerprint density at radius 2 is 1.16 bits per heavy atom. The number of ether oxygens (including phenoxy) is 6. The first-order chi connectivity index (χ1) is 12.1. The SMILES string of the molecule is CCOCOC(=O)C1CC(OCOCC)CC(C(=O)OCOCC)C1. The Bertz CT molecular complexity index is 357. The van der Waals surface area contributed by atoms with E-state index in [1.807, 2.05) is 20.8 Å². The third-order valence-electron chi connectivity index (χ3n) is 3.90. The van der Waals surface area contributed by atoms with Crippen LogP contribution in [-0.2, 0) is 38.0 Å². The monoisotopic (exact) mass is 362 g/mol. The molecule has 2 unspecified atom stereocenters. The van der Waals surface area contributed by atoms with Gasteiger partial charge in [0.1, 0.15) is 6.79 Å². The second-order valence-electron chi connectivity index (χ2n) is 5.65. The van der Waals surface area contributed by atoms with Crippen molar-refractivity contribution in [2.45, 2.75) is 46.1 Å². The fourth-order valence-electron chi connectivity index (χ4n) is 2.62. The first kappa shape index (κ1) is 21.8. The van der Waals surface area contributed by atoms with Crippen LogP contribution in [0.2, 0.25) is 0 Å². The Hall–Kier alpha value is -1.22. The van der Waals surface area contributed by atoms with Crippen molar-refractivity contribution >= 4 is 11.9 Å². The van der Waals surface area contributed by atoms with Gasteiger partial charge in [-0.05, 0) is 40.0 Å². The molecule has 25 heavy (non-hydrogen) atoms. The highest BCUT2D eigenvalue weighted by atomic mass is 16.7. The van der Waals surface area contributed by atoms with Crippen LogP contribution in [0.25, 0.3) is 0 Å². The Morgan fingerprint density at radius 3 is 1.60 bits per heavy atom. The minimum Gasteiger partial charge on any atom is -0.438 e. The van der Waals surface area contributed by atoms with Crippen molar-refractivity contribution in [2.24, 2.45) is 11.8 Å². The average Bonchev–Trinajstić information content (AvgIpc) is 2.62. The fourth-order valence-corrected chi connectivity index (χ4v) is 2.62. The van der Waals surface area contributed by atoms with Crippen LogP contribution in [0.5, 0.6) is 0 Å². The predicted molar refractivity (Wildman–Crippen MR) is 87.4 cm³/mol. The van der Waals surface area contributed by atoms with E-state index in [2.05, 4.69) is 0 Å². The largest absolute Gasteiger partial charge is 0.438 e. The molecular weight excluding hydrogens is 332 g/mol. The molecule has 0 heterocycles. The molecule has 1 aliphatic carbocycles. The standard InChI is InChI=1S/C17H30O8/c1-4-20-10-23-15-8-13(16(18)24-11-21-5-2)7-14(9-15)17(19)25-12-22-6-3/h13-15H,4-12H2,1-3H3. The first-order valence-corrected chi connectivity index (χ1v) is 8.80. The fraction of sp³-hybridized carbons (Fsp3) is 0.882. The number of hydrogen-bond acceptors (Lipinski definition) is 8. The molecule has 146 valence electrons. The van der Waals surface area contributed by atoms with Crippen molar-refractivity contribution in [2.75, 3.05) is 40.2 Å². The van der Waals surface area contributed by atoms with E-state index in [0.29, 0.717) is 39.1 Å². The molecule has 8 nitrogen and oxygen atoms in total. The van der Waals surface area contributed by atoms with Crippen LogP contribution in [0.3, 0.4) is 0 Å². The van der Waals surface area contributed by atoms with Gasteiger partial charge >= 0.3 is 11.9 Å². The Morgan fingerprint density at radius 1 is 0.720 bits per heavy atom. The molecule has 0 aromatic rings. The third kappa shape index (κ3) is 8.62. The van der Waals surface area contributed by atoms with Gasteiger partial charge < -0.3 is 28.4 Å². The summed E-state index contributed by atoms with van der Waals surface area (Å²) in [6.45, 7) is 6.91. The second-order valence-corrected chi connectivity index (χ2v) is 5.65. The molecule has 0 aromatic heterocycles. The summed E-state index contributed by atoms with van der Waals surface area (Å²) in [7, 11) is 0. The molecular formula is C17H30O8. The van der Waals surface area contributed by atoms with Crippen LogP contribution in [0.4, 0.5) is 0 Å². The molecule has 0 aliphatic heterocycles. The van der Waals surface area contributed by atoms with E-state index in [1.165, 1.54) is 0 Å². The predicted octanol–water partition coefficient (Wildman–Crippen LogP) is 1.86. The van der Waals surface area contributed by atoms with E-state index in [4.69, 9.17) is 28.4 Å². The highest BCUT2D eigenvalue weighted by Crippen LogP contribution is 2.33. The van der Waals surface area contributed by atoms with Gasteiger partial charge in [0.2, 0.25) is 0 Å². The van der Waals surface area contributed by atoms with Crippen molar-refractivity contribution in [1.82, 2.24) is 0 Å². The van der Waals surface area contributed by atoms with E-state index in [1.54, 1.807) is 0 Å². The van der Waals surface area contributed by atoms with Crippen LogP contribution in [0, 0.1) is 11.8 Å². The van der Waals surface area contributed by atoms with Gasteiger partial charge in [-0.25, -0.2) is 0 Å². The van der Waals surface area contributed by atoms with Gasteiger partial charge in [-0.3, -0.25) is 9.59 Å². The summed E-state index contributed by atoms with van der Waals surface area (Å²) in [6, 6.07) is 0. The normalized spacial score (nSPS) is 23.2. The Labute approximate surface area is 149 Å². The summed E-state index contributed by atoms with van der Waals surface area (Å²) in [5, 5.41) is 0. The molecule has 2 atom stereocenters. The van der Waals surface area contributed by atoms with Crippen molar-refractivity contribution in [1.29, 1.82) is 0 Å². The molecule has 1 saturated carbocycles. The smallest absolute Gasteiger partial charge is 0.311 e. The maximum Gasteiger partial charge on any atom is 0.311 e. The van der Waals surface area contributed by atoms with Crippen LogP contribution in [0.15, 0.2) is 0 Å². The lowest BCUT2D eigenvalue weighted by molar-refractivity contribution is -0.174. The van der Waals surface area contributed by atoms with E-state index in [0.717, 1.165) is 0 Å². The minimum absolute atomic E-state index is 0.0875. The summed E-state index contributed by atoms with van der Waals surface area (Å²) < 4.78 is 31.1. The van der Waals surface area contributed by atoms with Crippen molar-refractivity contribution in [3.05, 3.63) is 0 Å². The van der Waals surface area contributed by atoms with Crippen LogP contribution in [-0.4, -0.2) is 58.2 Å². The number of carbonyl (C=O) groups is 2. The summed E-state index contributed by atoms with van der Waals surface area (Å²) in [5.41, 5.74) is 0. The van der Waals surface area contributed by atoms with E-state index in [9.17, 15) is 9.59 Å². The van der Waals surface area contributed by atoms with Gasteiger partial charge in [0.15, 0.2) is 13.6 Å². The molecule has 0 spiro atoms. The second kappa shape index (κ2) is 13.0. The molecule has 0 amide bonds. The van der Waals surface area contributed by atoms with Gasteiger partial charge in [0.25, 0.3) is 0 Å². The number of carbonyl (C=O) groups excluding carboxylic acids is 2. The van der Waals surface area contributed by atoms with Crippen molar-refractivity contribution in [3.63, 3.8) is 0 Å². The molecule has 0 bridgehead atoms. The third-order valence-corrected chi connectivity index (χ3v) is 3.90. The maximum absolute atomic E-state index is 12.2. The molecule has 1 aliphatic rings. The molecule has 0 saturated heterocycles. The zero-order valence-electron chi connectivity index (χ0n) is 15.4. The van der Waals surface area contributed by atoms with Crippen LogP contribution in [0.1, 0.15) is 40.0 Å². The van der Waals surface area contributed by atoms with Gasteiger partial charge in [0, 0.05) is 19.8 Å². The highest BCUT2D eigenvalue weighted by Gasteiger charge is 2.38. The van der Waals surface area contributed by atoms with E-state index < -0.39 is 11.8 Å². The molecule has 0 aromatic carbocycles. The van der Waals surface area contributed by atoms with Crippen LogP contribution >= 0.6 is 0 Å². The molecule has 1 fully saturated rings. The zero-order chi connectivity index (χ0) is 18.5. The molecule has 8 heteroatoms. The summed E-state index contributed by atoms with van der Waals surface area (Å²) >= 11 is 0. The van der Waals surface area contributed by atoms with E-state index in [-0.39, 0.29) is 38.4 Å². The molecule has 0 radical (unpaired) electrons. The van der Waals surface area contributed by atoms with Gasteiger partial charge in [-0.1, -0.05) is 0 Å². The summed E-state index contributed by atoms with van der Waals surface area (Å²) in [5.74, 6) is -1.66. The number of hydrogen-bond donors (Lipinski definition) is 0. The zero-order valence-corrected chi connectivity index (χ0v) is 15.4.